The first-order valence-corrected chi connectivity index (χ1v) is 11.6. The van der Waals surface area contributed by atoms with Crippen LogP contribution in [0.2, 0.25) is 0 Å². The number of thiophene rings is 1. The average molecular weight is 553 g/mol. The normalized spacial score (nSPS) is 16.5. The summed E-state index contributed by atoms with van der Waals surface area (Å²) >= 11 is 1.21. The van der Waals surface area contributed by atoms with Gasteiger partial charge in [-0.3, -0.25) is 9.48 Å². The van der Waals surface area contributed by atoms with Crippen molar-refractivity contribution in [2.45, 2.75) is 37.7 Å². The monoisotopic (exact) mass is 553 g/mol. The molecule has 37 heavy (non-hydrogen) atoms. The summed E-state index contributed by atoms with van der Waals surface area (Å²) in [7, 11) is 1.36. The van der Waals surface area contributed by atoms with Gasteiger partial charge in [0, 0.05) is 31.2 Å². The van der Waals surface area contributed by atoms with Gasteiger partial charge in [-0.25, -0.2) is 14.8 Å². The van der Waals surface area contributed by atoms with Crippen LogP contribution in [0.25, 0.3) is 10.3 Å². The molecule has 3 aromatic rings. The molecule has 0 radical (unpaired) electrons. The minimum absolute atomic E-state index is 0.169. The van der Waals surface area contributed by atoms with E-state index in [1.807, 2.05) is 0 Å². The van der Waals surface area contributed by atoms with E-state index >= 15 is 0 Å². The summed E-state index contributed by atoms with van der Waals surface area (Å²) < 4.78 is 72.2. The summed E-state index contributed by atoms with van der Waals surface area (Å²) in [5.74, 6) is -2.92. The van der Waals surface area contributed by atoms with Crippen molar-refractivity contribution >= 4 is 45.1 Å². The predicted molar refractivity (Wildman–Crippen MR) is 121 cm³/mol. The lowest BCUT2D eigenvalue weighted by atomic mass is 10.1. The largest absolute Gasteiger partial charge is 0.490 e. The second-order valence-corrected chi connectivity index (χ2v) is 8.78. The number of fused-ring (bicyclic) bond motifs is 1. The number of carbonyl (C=O) groups excluding carboxylic acids is 1. The number of hydrogen-bond acceptors (Lipinski definition) is 8. The number of carbonyl (C=O) groups is 2. The lowest BCUT2D eigenvalue weighted by Crippen LogP contribution is -2.31. The molecule has 4 rings (SSSR count). The van der Waals surface area contributed by atoms with Crippen LogP contribution >= 0.6 is 11.3 Å². The quantitative estimate of drug-likeness (QED) is 0.358. The molecule has 4 N–H and O–H groups in total. The molecule has 202 valence electrons. The maximum Gasteiger partial charge on any atom is 0.490 e. The minimum atomic E-state index is -5.08. The SMILES string of the molecule is Cn1cc(NC(=O)c2csc3ncc(NC4CCCCNC4)nc23)c(C(F)(F)F)n1.O=C(O)C(F)(F)F. The van der Waals surface area contributed by atoms with Gasteiger partial charge in [-0.1, -0.05) is 6.42 Å². The topological polar surface area (TPSA) is 134 Å². The van der Waals surface area contributed by atoms with Gasteiger partial charge in [-0.05, 0) is 19.4 Å². The highest BCUT2D eigenvalue weighted by Crippen LogP contribution is 2.34. The summed E-state index contributed by atoms with van der Waals surface area (Å²) in [6, 6.07) is 0.194. The predicted octanol–water partition coefficient (Wildman–Crippen LogP) is 3.88. The maximum absolute atomic E-state index is 13.2. The van der Waals surface area contributed by atoms with E-state index in [2.05, 4.69) is 31.0 Å². The third-order valence-corrected chi connectivity index (χ3v) is 5.89. The number of rotatable bonds is 4. The van der Waals surface area contributed by atoms with E-state index in [-0.39, 0.29) is 11.6 Å². The van der Waals surface area contributed by atoms with Gasteiger partial charge >= 0.3 is 18.3 Å². The Hall–Kier alpha value is -3.47. The molecule has 1 amide bonds. The number of halogens is 6. The number of alkyl halides is 6. The van der Waals surface area contributed by atoms with Crippen molar-refractivity contribution in [1.82, 2.24) is 25.1 Å². The van der Waals surface area contributed by atoms with Gasteiger partial charge in [0.2, 0.25) is 0 Å². The molecule has 1 aliphatic rings. The number of aromatic nitrogens is 4. The van der Waals surface area contributed by atoms with E-state index in [9.17, 15) is 31.1 Å². The van der Waals surface area contributed by atoms with Crippen molar-refractivity contribution < 1.29 is 41.0 Å². The molecule has 1 unspecified atom stereocenters. The number of carboxylic acids is 1. The number of hydrogen-bond donors (Lipinski definition) is 4. The van der Waals surface area contributed by atoms with E-state index in [1.165, 1.54) is 18.4 Å². The van der Waals surface area contributed by atoms with E-state index in [0.717, 1.165) is 43.2 Å². The zero-order valence-corrected chi connectivity index (χ0v) is 19.9. The van der Waals surface area contributed by atoms with E-state index in [1.54, 1.807) is 11.6 Å². The van der Waals surface area contributed by atoms with Crippen molar-refractivity contribution in [3.8, 4) is 0 Å². The Bertz CT molecular complexity index is 1250. The Morgan fingerprint density at radius 1 is 1.22 bits per heavy atom. The molecule has 4 heterocycles. The molecule has 1 aliphatic heterocycles. The van der Waals surface area contributed by atoms with Crippen molar-refractivity contribution in [3.05, 3.63) is 29.0 Å². The van der Waals surface area contributed by atoms with Crippen LogP contribution in [0.15, 0.2) is 17.8 Å². The molecule has 1 saturated heterocycles. The molecular formula is C20H21F6N7O3S. The molecule has 1 fully saturated rings. The van der Waals surface area contributed by atoms with E-state index in [0.29, 0.717) is 16.2 Å². The van der Waals surface area contributed by atoms with Crippen LogP contribution in [0.5, 0.6) is 0 Å². The minimum Gasteiger partial charge on any atom is -0.475 e. The van der Waals surface area contributed by atoms with Crippen LogP contribution in [-0.2, 0) is 18.0 Å². The molecule has 0 aromatic carbocycles. The highest BCUT2D eigenvalue weighted by Gasteiger charge is 2.38. The second-order valence-electron chi connectivity index (χ2n) is 7.92. The Morgan fingerprint density at radius 2 is 1.92 bits per heavy atom. The average Bonchev–Trinajstić information content (AvgIpc) is 3.28. The van der Waals surface area contributed by atoms with Crippen LogP contribution < -0.4 is 16.0 Å². The third-order valence-electron chi connectivity index (χ3n) is 5.01. The third kappa shape index (κ3) is 7.51. The summed E-state index contributed by atoms with van der Waals surface area (Å²) in [4.78, 5) is 31.0. The number of amides is 1. The van der Waals surface area contributed by atoms with Gasteiger partial charge in [0.15, 0.2) is 5.69 Å². The lowest BCUT2D eigenvalue weighted by Gasteiger charge is -2.16. The maximum atomic E-state index is 13.2. The van der Waals surface area contributed by atoms with Crippen molar-refractivity contribution in [2.75, 3.05) is 23.7 Å². The Morgan fingerprint density at radius 3 is 2.57 bits per heavy atom. The fraction of sp³-hybridized carbons (Fsp3) is 0.450. The van der Waals surface area contributed by atoms with Crippen LogP contribution in [0.3, 0.4) is 0 Å². The first-order chi connectivity index (χ1) is 17.3. The first-order valence-electron chi connectivity index (χ1n) is 10.7. The summed E-state index contributed by atoms with van der Waals surface area (Å²) in [5, 5.41) is 21.1. The van der Waals surface area contributed by atoms with Crippen LogP contribution in [0, 0.1) is 0 Å². The second kappa shape index (κ2) is 11.3. The van der Waals surface area contributed by atoms with Crippen LogP contribution in [0.1, 0.15) is 35.3 Å². The van der Waals surface area contributed by atoms with E-state index in [4.69, 9.17) is 9.90 Å². The van der Waals surface area contributed by atoms with Gasteiger partial charge in [-0.2, -0.15) is 31.4 Å². The molecule has 17 heteroatoms. The van der Waals surface area contributed by atoms with Crippen molar-refractivity contribution in [1.29, 1.82) is 0 Å². The van der Waals surface area contributed by atoms with Crippen LogP contribution in [0.4, 0.5) is 37.8 Å². The Balaban J connectivity index is 0.000000479. The summed E-state index contributed by atoms with van der Waals surface area (Å²) in [5.41, 5.74) is -1.03. The molecule has 1 atom stereocenters. The summed E-state index contributed by atoms with van der Waals surface area (Å²) in [6.45, 7) is 1.78. The van der Waals surface area contributed by atoms with Crippen LogP contribution in [-0.4, -0.2) is 62.0 Å². The van der Waals surface area contributed by atoms with Gasteiger partial charge in [0.1, 0.15) is 16.2 Å². The number of aryl methyl sites for hydroxylation is 1. The fourth-order valence-corrected chi connectivity index (χ4v) is 4.20. The first kappa shape index (κ1) is 28.1. The number of nitrogens with zero attached hydrogens (tertiary/aromatic N) is 4. The zero-order valence-electron chi connectivity index (χ0n) is 19.1. The summed E-state index contributed by atoms with van der Waals surface area (Å²) in [6.07, 6.45) is -3.83. The molecule has 3 aromatic heterocycles. The molecule has 0 spiro atoms. The molecule has 0 aliphatic carbocycles. The highest BCUT2D eigenvalue weighted by atomic mass is 32.1. The Labute approximate surface area is 209 Å². The molecule has 0 bridgehead atoms. The van der Waals surface area contributed by atoms with Crippen molar-refractivity contribution in [3.63, 3.8) is 0 Å². The highest BCUT2D eigenvalue weighted by molar-refractivity contribution is 7.17. The zero-order chi connectivity index (χ0) is 27.4. The van der Waals surface area contributed by atoms with Crippen molar-refractivity contribution in [2.24, 2.45) is 7.05 Å². The molecule has 0 saturated carbocycles. The molecular weight excluding hydrogens is 532 g/mol. The lowest BCUT2D eigenvalue weighted by molar-refractivity contribution is -0.192. The van der Waals surface area contributed by atoms with Gasteiger partial charge in [0.05, 0.1) is 17.4 Å². The smallest absolute Gasteiger partial charge is 0.475 e. The van der Waals surface area contributed by atoms with Gasteiger partial charge in [-0.15, -0.1) is 11.3 Å². The fourth-order valence-electron chi connectivity index (χ4n) is 3.37. The van der Waals surface area contributed by atoms with Gasteiger partial charge < -0.3 is 21.1 Å². The number of carboxylic acid groups (broad SMARTS) is 1. The Kier molecular flexibility index (Phi) is 8.57. The van der Waals surface area contributed by atoms with E-state index < -0.39 is 35.6 Å². The number of anilines is 2. The van der Waals surface area contributed by atoms with Gasteiger partial charge in [0.25, 0.3) is 5.91 Å². The standard InChI is InChI=1S/C18H20F3N7OS.C2HF3O2/c1-28-8-12(15(27-28)18(19,20)21)25-16(29)11-9-30-17-14(11)26-13(7-23-17)24-10-4-2-3-5-22-6-10;3-2(4,5)1(6)7/h7-10,22H,2-6H2,1H3,(H,24,26)(H,25,29);(H,6,7). The number of aliphatic carboxylic acids is 1. The number of nitrogens with one attached hydrogen (secondary N) is 3. The molecule has 10 nitrogen and oxygen atoms in total.